The maximum Gasteiger partial charge on any atom is 0.181 e. The summed E-state index contributed by atoms with van der Waals surface area (Å²) in [5, 5.41) is -0.0843. The highest BCUT2D eigenvalue weighted by Crippen LogP contribution is 2.31. The Morgan fingerprint density at radius 1 is 1.22 bits per heavy atom. The second-order valence-corrected chi connectivity index (χ2v) is 7.62. The number of rotatable bonds is 3. The molecule has 0 amide bonds. The van der Waals surface area contributed by atoms with E-state index >= 15 is 0 Å². The standard InChI is InChI=1S/C13H18O3S2/c1-16-10-5-7-12(8-6-10)18(14,15)13-4-2-3-11(17)9-13/h5-8,11,13,17H,2-4,9H2,1H3/t11-,13?/m0/s1. The minimum absolute atomic E-state index is 0.205. The van der Waals surface area contributed by atoms with Gasteiger partial charge in [0, 0.05) is 5.25 Å². The Morgan fingerprint density at radius 2 is 1.89 bits per heavy atom. The van der Waals surface area contributed by atoms with Crippen LogP contribution in [0.2, 0.25) is 0 Å². The van der Waals surface area contributed by atoms with Crippen LogP contribution >= 0.6 is 12.6 Å². The third-order valence-electron chi connectivity index (χ3n) is 3.43. The fraction of sp³-hybridized carbons (Fsp3) is 0.538. The summed E-state index contributed by atoms with van der Waals surface area (Å²) in [4.78, 5) is 0.385. The maximum atomic E-state index is 12.5. The Hall–Kier alpha value is -0.680. The van der Waals surface area contributed by atoms with Crippen molar-refractivity contribution in [2.45, 2.75) is 41.1 Å². The average molecular weight is 286 g/mol. The Morgan fingerprint density at radius 3 is 2.44 bits per heavy atom. The first-order valence-corrected chi connectivity index (χ1v) is 8.16. The molecule has 1 fully saturated rings. The van der Waals surface area contributed by atoms with E-state index in [0.717, 1.165) is 19.3 Å². The number of hydrogen-bond donors (Lipinski definition) is 1. The fourth-order valence-electron chi connectivity index (χ4n) is 2.36. The molecule has 0 saturated heterocycles. The van der Waals surface area contributed by atoms with Crippen LogP contribution in [0.1, 0.15) is 25.7 Å². The minimum Gasteiger partial charge on any atom is -0.497 e. The number of methoxy groups -OCH3 is 1. The summed E-state index contributed by atoms with van der Waals surface area (Å²) in [5.41, 5.74) is 0. The van der Waals surface area contributed by atoms with E-state index in [1.54, 1.807) is 31.4 Å². The highest BCUT2D eigenvalue weighted by Gasteiger charge is 2.31. The summed E-state index contributed by atoms with van der Waals surface area (Å²) >= 11 is 4.41. The van der Waals surface area contributed by atoms with Gasteiger partial charge in [-0.15, -0.1) is 0 Å². The summed E-state index contributed by atoms with van der Waals surface area (Å²) in [7, 11) is -1.66. The van der Waals surface area contributed by atoms with Crippen molar-refractivity contribution in [2.75, 3.05) is 7.11 Å². The highest BCUT2D eigenvalue weighted by molar-refractivity contribution is 7.92. The van der Waals surface area contributed by atoms with Crippen LogP contribution in [0.25, 0.3) is 0 Å². The number of hydrogen-bond acceptors (Lipinski definition) is 4. The number of ether oxygens (including phenoxy) is 1. The normalized spacial score (nSPS) is 24.8. The molecule has 1 saturated carbocycles. The van der Waals surface area contributed by atoms with Crippen LogP contribution in [-0.4, -0.2) is 26.0 Å². The maximum absolute atomic E-state index is 12.5. The smallest absolute Gasteiger partial charge is 0.181 e. The molecule has 0 heterocycles. The third-order valence-corrected chi connectivity index (χ3v) is 6.13. The molecule has 1 aliphatic carbocycles. The van der Waals surface area contributed by atoms with Gasteiger partial charge in [0.05, 0.1) is 17.3 Å². The van der Waals surface area contributed by atoms with Crippen LogP contribution in [0.3, 0.4) is 0 Å². The SMILES string of the molecule is COc1ccc(S(=O)(=O)C2CCC[C@H](S)C2)cc1. The van der Waals surface area contributed by atoms with E-state index in [2.05, 4.69) is 12.6 Å². The molecule has 100 valence electrons. The van der Waals surface area contributed by atoms with Gasteiger partial charge >= 0.3 is 0 Å². The lowest BCUT2D eigenvalue weighted by atomic mass is 10.00. The molecule has 2 rings (SSSR count). The summed E-state index contributed by atoms with van der Waals surface area (Å²) in [5.74, 6) is 0.671. The van der Waals surface area contributed by atoms with Crippen LogP contribution in [-0.2, 0) is 9.84 Å². The minimum atomic E-state index is -3.22. The van der Waals surface area contributed by atoms with Gasteiger partial charge in [0.2, 0.25) is 0 Å². The lowest BCUT2D eigenvalue weighted by Gasteiger charge is -2.26. The summed E-state index contributed by atoms with van der Waals surface area (Å²) < 4.78 is 30.0. The molecule has 18 heavy (non-hydrogen) atoms. The molecular formula is C13H18O3S2. The second-order valence-electron chi connectivity index (χ2n) is 4.66. The van der Waals surface area contributed by atoms with E-state index in [1.165, 1.54) is 0 Å². The van der Waals surface area contributed by atoms with Crippen LogP contribution in [0.4, 0.5) is 0 Å². The van der Waals surface area contributed by atoms with Gasteiger partial charge < -0.3 is 4.74 Å². The Balaban J connectivity index is 2.23. The molecule has 2 atom stereocenters. The summed E-state index contributed by atoms with van der Waals surface area (Å²) in [6.07, 6.45) is 3.34. The van der Waals surface area contributed by atoms with Gasteiger partial charge in [0.1, 0.15) is 5.75 Å². The summed E-state index contributed by atoms with van der Waals surface area (Å²) in [6.45, 7) is 0. The molecule has 5 heteroatoms. The van der Waals surface area contributed by atoms with E-state index in [0.29, 0.717) is 17.1 Å². The molecule has 0 N–H and O–H groups in total. The van der Waals surface area contributed by atoms with Crippen LogP contribution < -0.4 is 4.74 Å². The van der Waals surface area contributed by atoms with Crippen LogP contribution in [0.15, 0.2) is 29.2 Å². The first-order valence-electron chi connectivity index (χ1n) is 6.10. The van der Waals surface area contributed by atoms with Gasteiger partial charge in [-0.05, 0) is 43.5 Å². The Bertz CT molecular complexity index is 493. The topological polar surface area (TPSA) is 43.4 Å². The number of thiol groups is 1. The van der Waals surface area contributed by atoms with Gasteiger partial charge in [0.25, 0.3) is 0 Å². The predicted molar refractivity (Wildman–Crippen MR) is 75.2 cm³/mol. The van der Waals surface area contributed by atoms with E-state index in [1.807, 2.05) is 0 Å². The number of benzene rings is 1. The van der Waals surface area contributed by atoms with Crippen molar-refractivity contribution in [3.63, 3.8) is 0 Å². The molecule has 1 aromatic carbocycles. The van der Waals surface area contributed by atoms with Crippen molar-refractivity contribution in [3.05, 3.63) is 24.3 Å². The van der Waals surface area contributed by atoms with E-state index in [9.17, 15) is 8.42 Å². The van der Waals surface area contributed by atoms with Gasteiger partial charge in [0.15, 0.2) is 9.84 Å². The second kappa shape index (κ2) is 5.53. The van der Waals surface area contributed by atoms with E-state index in [4.69, 9.17) is 4.74 Å². The molecule has 0 bridgehead atoms. The molecule has 0 aliphatic heterocycles. The molecule has 1 unspecified atom stereocenters. The van der Waals surface area contributed by atoms with Crippen molar-refractivity contribution in [3.8, 4) is 5.75 Å². The Kier molecular flexibility index (Phi) is 4.22. The quantitative estimate of drug-likeness (QED) is 0.869. The molecule has 0 spiro atoms. The van der Waals surface area contributed by atoms with E-state index in [-0.39, 0.29) is 10.5 Å². The van der Waals surface area contributed by atoms with Crippen molar-refractivity contribution in [1.29, 1.82) is 0 Å². The predicted octanol–water partition coefficient (Wildman–Crippen LogP) is 2.71. The fourth-order valence-corrected chi connectivity index (χ4v) is 4.80. The third kappa shape index (κ3) is 2.83. The molecule has 1 aromatic rings. The van der Waals surface area contributed by atoms with Crippen LogP contribution in [0, 0.1) is 0 Å². The molecule has 0 radical (unpaired) electrons. The van der Waals surface area contributed by atoms with Gasteiger partial charge in [-0.25, -0.2) is 8.42 Å². The first-order chi connectivity index (χ1) is 8.54. The van der Waals surface area contributed by atoms with Crippen molar-refractivity contribution in [1.82, 2.24) is 0 Å². The van der Waals surface area contributed by atoms with Gasteiger partial charge in [-0.3, -0.25) is 0 Å². The lowest BCUT2D eigenvalue weighted by molar-refractivity contribution is 0.414. The largest absolute Gasteiger partial charge is 0.497 e. The molecule has 3 nitrogen and oxygen atoms in total. The zero-order valence-corrected chi connectivity index (χ0v) is 12.1. The van der Waals surface area contributed by atoms with Crippen molar-refractivity contribution >= 4 is 22.5 Å². The first kappa shape index (κ1) is 13.7. The highest BCUT2D eigenvalue weighted by atomic mass is 32.2. The Labute approximate surface area is 114 Å². The average Bonchev–Trinajstić information content (AvgIpc) is 2.39. The van der Waals surface area contributed by atoms with Crippen LogP contribution in [0.5, 0.6) is 5.75 Å². The number of sulfone groups is 1. The summed E-state index contributed by atoms with van der Waals surface area (Å²) in [6, 6.07) is 6.62. The zero-order valence-electron chi connectivity index (χ0n) is 10.4. The van der Waals surface area contributed by atoms with Gasteiger partial charge in [-0.1, -0.05) is 6.42 Å². The van der Waals surface area contributed by atoms with E-state index < -0.39 is 9.84 Å². The van der Waals surface area contributed by atoms with Gasteiger partial charge in [-0.2, -0.15) is 12.6 Å². The monoisotopic (exact) mass is 286 g/mol. The molecule has 1 aliphatic rings. The van der Waals surface area contributed by atoms with Crippen molar-refractivity contribution < 1.29 is 13.2 Å². The molecule has 0 aromatic heterocycles. The van der Waals surface area contributed by atoms with Crippen molar-refractivity contribution in [2.24, 2.45) is 0 Å². The molecular weight excluding hydrogens is 268 g/mol. The zero-order chi connectivity index (χ0) is 13.2. The lowest BCUT2D eigenvalue weighted by Crippen LogP contribution is -2.28.